The van der Waals surface area contributed by atoms with Crippen LogP contribution in [0, 0.1) is 0 Å². The van der Waals surface area contributed by atoms with Crippen molar-refractivity contribution >= 4 is 5.91 Å². The van der Waals surface area contributed by atoms with E-state index >= 15 is 0 Å². The zero-order valence-corrected chi connectivity index (χ0v) is 10.6. The van der Waals surface area contributed by atoms with E-state index in [0.717, 1.165) is 12.1 Å². The molecule has 7 nitrogen and oxygen atoms in total. The number of aliphatic hydroxyl groups is 3. The molecule has 20 heavy (non-hydrogen) atoms. The molecular formula is C13H17NO6. The van der Waals surface area contributed by atoms with Crippen LogP contribution in [0.1, 0.15) is 34.7 Å². The fourth-order valence-electron chi connectivity index (χ4n) is 2.59. The molecule has 7 heteroatoms. The van der Waals surface area contributed by atoms with Crippen molar-refractivity contribution in [2.24, 2.45) is 5.73 Å². The molecule has 1 aromatic carbocycles. The van der Waals surface area contributed by atoms with Gasteiger partial charge in [-0.1, -0.05) is 0 Å². The molecule has 0 unspecified atom stereocenters. The summed E-state index contributed by atoms with van der Waals surface area (Å²) in [7, 11) is 0. The standard InChI is InChI=1S/C13H17NO6/c14-13(20)7-3-11(18)9(16)1-5(7)6-2-10(17)12(19)4-8(6)15/h1,3,6,8,10,12,15-19H,2,4H2,(H2,14,20)/t6-,8-,10-,12+/m0/s1. The van der Waals surface area contributed by atoms with Crippen molar-refractivity contribution in [3.8, 4) is 11.5 Å². The van der Waals surface area contributed by atoms with Crippen LogP contribution in [0.15, 0.2) is 12.1 Å². The van der Waals surface area contributed by atoms with Crippen LogP contribution in [0.5, 0.6) is 11.5 Å². The maximum absolute atomic E-state index is 11.4. The molecule has 0 radical (unpaired) electrons. The van der Waals surface area contributed by atoms with Crippen molar-refractivity contribution < 1.29 is 30.3 Å². The number of carbonyl (C=O) groups is 1. The van der Waals surface area contributed by atoms with Crippen molar-refractivity contribution in [3.05, 3.63) is 23.3 Å². The Morgan fingerprint density at radius 3 is 2.15 bits per heavy atom. The van der Waals surface area contributed by atoms with Gasteiger partial charge in [-0.2, -0.15) is 0 Å². The largest absolute Gasteiger partial charge is 0.504 e. The second-order valence-corrected chi connectivity index (χ2v) is 5.07. The van der Waals surface area contributed by atoms with Gasteiger partial charge in [0.05, 0.1) is 18.3 Å². The van der Waals surface area contributed by atoms with Crippen LogP contribution in [0.25, 0.3) is 0 Å². The summed E-state index contributed by atoms with van der Waals surface area (Å²) in [4.78, 5) is 11.4. The molecule has 1 amide bonds. The average Bonchev–Trinajstić information content (AvgIpc) is 2.36. The Morgan fingerprint density at radius 1 is 1.00 bits per heavy atom. The smallest absolute Gasteiger partial charge is 0.249 e. The molecule has 4 atom stereocenters. The predicted octanol–water partition coefficient (Wildman–Crippen LogP) is -0.843. The van der Waals surface area contributed by atoms with Crippen LogP contribution in [0.2, 0.25) is 0 Å². The van der Waals surface area contributed by atoms with E-state index in [4.69, 9.17) is 5.73 Å². The second kappa shape index (κ2) is 5.28. The van der Waals surface area contributed by atoms with Crippen molar-refractivity contribution in [3.63, 3.8) is 0 Å². The minimum absolute atomic E-state index is 0.0207. The highest BCUT2D eigenvalue weighted by atomic mass is 16.3. The third kappa shape index (κ3) is 2.55. The van der Waals surface area contributed by atoms with Crippen LogP contribution < -0.4 is 5.73 Å². The van der Waals surface area contributed by atoms with E-state index in [1.165, 1.54) is 0 Å². The van der Waals surface area contributed by atoms with Gasteiger partial charge in [0.2, 0.25) is 5.91 Å². The zero-order valence-electron chi connectivity index (χ0n) is 10.6. The summed E-state index contributed by atoms with van der Waals surface area (Å²) in [6, 6.07) is 2.17. The van der Waals surface area contributed by atoms with Gasteiger partial charge in [0, 0.05) is 17.9 Å². The molecule has 0 aliphatic heterocycles. The van der Waals surface area contributed by atoms with Crippen molar-refractivity contribution in [1.29, 1.82) is 0 Å². The quantitative estimate of drug-likeness (QED) is 0.390. The Bertz CT molecular complexity index is 532. The van der Waals surface area contributed by atoms with Gasteiger partial charge in [-0.3, -0.25) is 4.79 Å². The molecule has 1 aliphatic rings. The molecule has 1 aromatic rings. The highest BCUT2D eigenvalue weighted by Crippen LogP contribution is 2.39. The fourth-order valence-corrected chi connectivity index (χ4v) is 2.59. The van der Waals surface area contributed by atoms with Gasteiger partial charge >= 0.3 is 0 Å². The number of rotatable bonds is 2. The number of amides is 1. The van der Waals surface area contributed by atoms with Gasteiger partial charge in [0.1, 0.15) is 0 Å². The number of hydrogen-bond acceptors (Lipinski definition) is 6. The Hall–Kier alpha value is -1.83. The van der Waals surface area contributed by atoms with E-state index in [1.807, 2.05) is 0 Å². The van der Waals surface area contributed by atoms with E-state index in [9.17, 15) is 30.3 Å². The first-order valence-electron chi connectivity index (χ1n) is 6.21. The topological polar surface area (TPSA) is 144 Å². The molecule has 1 aliphatic carbocycles. The summed E-state index contributed by atoms with van der Waals surface area (Å²) >= 11 is 0. The van der Waals surface area contributed by atoms with Crippen LogP contribution in [0.3, 0.4) is 0 Å². The van der Waals surface area contributed by atoms with Gasteiger partial charge in [-0.15, -0.1) is 0 Å². The Morgan fingerprint density at radius 2 is 1.55 bits per heavy atom. The number of carbonyl (C=O) groups excluding carboxylic acids is 1. The lowest BCUT2D eigenvalue weighted by Gasteiger charge is -2.35. The summed E-state index contributed by atoms with van der Waals surface area (Å²) in [6.45, 7) is 0. The van der Waals surface area contributed by atoms with Gasteiger partial charge in [0.15, 0.2) is 11.5 Å². The number of phenols is 2. The van der Waals surface area contributed by atoms with Crippen LogP contribution in [-0.4, -0.2) is 49.8 Å². The predicted molar refractivity (Wildman–Crippen MR) is 68.3 cm³/mol. The first-order valence-corrected chi connectivity index (χ1v) is 6.21. The molecule has 0 saturated heterocycles. The van der Waals surface area contributed by atoms with Gasteiger partial charge in [-0.05, 0) is 24.1 Å². The molecular weight excluding hydrogens is 266 g/mol. The lowest BCUT2D eigenvalue weighted by atomic mass is 9.77. The van der Waals surface area contributed by atoms with Crippen molar-refractivity contribution in [1.82, 2.24) is 0 Å². The highest BCUT2D eigenvalue weighted by Gasteiger charge is 2.37. The number of aliphatic hydroxyl groups excluding tert-OH is 3. The Kier molecular flexibility index (Phi) is 3.85. The summed E-state index contributed by atoms with van der Waals surface area (Å²) in [5, 5.41) is 48.2. The summed E-state index contributed by atoms with van der Waals surface area (Å²) in [6.07, 6.45) is -3.10. The fraction of sp³-hybridized carbons (Fsp3) is 0.462. The van der Waals surface area contributed by atoms with Crippen LogP contribution in [0.4, 0.5) is 0 Å². The maximum Gasteiger partial charge on any atom is 0.249 e. The second-order valence-electron chi connectivity index (χ2n) is 5.07. The monoisotopic (exact) mass is 283 g/mol. The normalized spacial score (nSPS) is 30.1. The third-order valence-corrected chi connectivity index (χ3v) is 3.70. The maximum atomic E-state index is 11.4. The molecule has 0 aromatic heterocycles. The van der Waals surface area contributed by atoms with E-state index in [2.05, 4.69) is 0 Å². The molecule has 0 heterocycles. The average molecular weight is 283 g/mol. The molecule has 1 saturated carbocycles. The summed E-state index contributed by atoms with van der Waals surface area (Å²) in [5.74, 6) is -2.42. The zero-order chi connectivity index (χ0) is 15.0. The number of phenolic OH excluding ortho intramolecular Hbond substituents is 2. The summed E-state index contributed by atoms with van der Waals surface area (Å²) in [5.41, 5.74) is 5.43. The van der Waals surface area contributed by atoms with Gasteiger partial charge < -0.3 is 31.3 Å². The van der Waals surface area contributed by atoms with Crippen molar-refractivity contribution in [2.45, 2.75) is 37.1 Å². The molecule has 0 spiro atoms. The molecule has 2 rings (SSSR count). The number of nitrogens with two attached hydrogens (primary N) is 1. The summed E-state index contributed by atoms with van der Waals surface area (Å²) < 4.78 is 0. The van der Waals surface area contributed by atoms with E-state index in [1.54, 1.807) is 0 Å². The molecule has 110 valence electrons. The molecule has 1 fully saturated rings. The van der Waals surface area contributed by atoms with Gasteiger partial charge in [-0.25, -0.2) is 0 Å². The highest BCUT2D eigenvalue weighted by molar-refractivity contribution is 5.95. The Balaban J connectivity index is 2.46. The molecule has 7 N–H and O–H groups in total. The molecule has 0 bridgehead atoms. The number of hydrogen-bond donors (Lipinski definition) is 6. The lowest BCUT2D eigenvalue weighted by Crippen LogP contribution is -2.41. The van der Waals surface area contributed by atoms with E-state index < -0.39 is 41.6 Å². The first kappa shape index (κ1) is 14.6. The minimum Gasteiger partial charge on any atom is -0.504 e. The lowest BCUT2D eigenvalue weighted by molar-refractivity contribution is -0.0601. The van der Waals surface area contributed by atoms with E-state index in [-0.39, 0.29) is 24.0 Å². The van der Waals surface area contributed by atoms with Crippen molar-refractivity contribution in [2.75, 3.05) is 0 Å². The SMILES string of the molecule is NC(=O)c1cc(O)c(O)cc1[C@@H]1C[C@H](O)[C@H](O)C[C@@H]1O. The van der Waals surface area contributed by atoms with Crippen LogP contribution in [-0.2, 0) is 0 Å². The van der Waals surface area contributed by atoms with E-state index in [0.29, 0.717) is 0 Å². The van der Waals surface area contributed by atoms with Gasteiger partial charge in [0.25, 0.3) is 0 Å². The number of primary amides is 1. The number of aromatic hydroxyl groups is 2. The first-order chi connectivity index (χ1) is 9.31. The van der Waals surface area contributed by atoms with Crippen LogP contribution >= 0.6 is 0 Å². The third-order valence-electron chi connectivity index (χ3n) is 3.70. The number of benzene rings is 1. The minimum atomic E-state index is -1.04. The Labute approximate surface area is 114 Å².